The van der Waals surface area contributed by atoms with E-state index in [1.807, 2.05) is 11.9 Å². The molecule has 1 saturated carbocycles. The Labute approximate surface area is 117 Å². The van der Waals surface area contributed by atoms with Crippen LogP contribution < -0.4 is 5.32 Å². The highest BCUT2D eigenvalue weighted by Crippen LogP contribution is 2.37. The van der Waals surface area contributed by atoms with Crippen LogP contribution in [0.3, 0.4) is 0 Å². The predicted molar refractivity (Wildman–Crippen MR) is 78.0 cm³/mol. The van der Waals surface area contributed by atoms with Gasteiger partial charge in [-0.05, 0) is 52.2 Å². The first-order valence-electron chi connectivity index (χ1n) is 7.58. The highest BCUT2D eigenvalue weighted by molar-refractivity contribution is 5.79. The molecule has 1 amide bonds. The topological polar surface area (TPSA) is 35.6 Å². The normalized spacial score (nSPS) is 29.9. The summed E-state index contributed by atoms with van der Waals surface area (Å²) in [6, 6.07) is 0. The quantitative estimate of drug-likeness (QED) is 0.831. The van der Waals surface area contributed by atoms with E-state index in [2.05, 4.69) is 31.2 Å². The van der Waals surface area contributed by atoms with Crippen molar-refractivity contribution >= 4 is 5.91 Å². The zero-order valence-corrected chi connectivity index (χ0v) is 12.9. The van der Waals surface area contributed by atoms with E-state index in [0.29, 0.717) is 11.8 Å². The van der Waals surface area contributed by atoms with Gasteiger partial charge in [-0.2, -0.15) is 0 Å². The van der Waals surface area contributed by atoms with Crippen LogP contribution in [0.15, 0.2) is 0 Å². The van der Waals surface area contributed by atoms with Crippen molar-refractivity contribution < 1.29 is 4.79 Å². The van der Waals surface area contributed by atoms with Crippen molar-refractivity contribution in [2.45, 2.75) is 38.1 Å². The van der Waals surface area contributed by atoms with Crippen LogP contribution in [0.5, 0.6) is 0 Å². The van der Waals surface area contributed by atoms with Crippen LogP contribution in [0.4, 0.5) is 0 Å². The molecular weight excluding hydrogens is 238 g/mol. The molecule has 2 fully saturated rings. The lowest BCUT2D eigenvalue weighted by Gasteiger charge is -2.49. The summed E-state index contributed by atoms with van der Waals surface area (Å²) in [5.41, 5.74) is 0.234. The first kappa shape index (κ1) is 14.8. The lowest BCUT2D eigenvalue weighted by Crippen LogP contribution is -2.58. The zero-order valence-electron chi connectivity index (χ0n) is 12.9. The average Bonchev–Trinajstić information content (AvgIpc) is 2.32. The van der Waals surface area contributed by atoms with E-state index in [4.69, 9.17) is 0 Å². The minimum Gasteiger partial charge on any atom is -0.344 e. The Morgan fingerprint density at radius 3 is 2.42 bits per heavy atom. The molecule has 0 radical (unpaired) electrons. The van der Waals surface area contributed by atoms with E-state index in [9.17, 15) is 4.79 Å². The smallest absolute Gasteiger partial charge is 0.226 e. The van der Waals surface area contributed by atoms with Crippen LogP contribution in [0.1, 0.15) is 32.6 Å². The number of hydrogen-bond donors (Lipinski definition) is 1. The molecule has 19 heavy (non-hydrogen) atoms. The van der Waals surface area contributed by atoms with Crippen LogP contribution in [-0.4, -0.2) is 62.0 Å². The lowest BCUT2D eigenvalue weighted by atomic mass is 9.75. The fraction of sp³-hybridized carbons (Fsp3) is 0.933. The molecule has 2 aliphatic rings. The second-order valence-electron chi connectivity index (χ2n) is 6.86. The molecule has 110 valence electrons. The van der Waals surface area contributed by atoms with Gasteiger partial charge in [0.15, 0.2) is 0 Å². The first-order valence-corrected chi connectivity index (χ1v) is 7.58. The van der Waals surface area contributed by atoms with Crippen molar-refractivity contribution in [3.05, 3.63) is 0 Å². The number of nitrogens with zero attached hydrogens (tertiary/aromatic N) is 2. The molecule has 2 atom stereocenters. The van der Waals surface area contributed by atoms with Crippen molar-refractivity contribution in [2.75, 3.05) is 40.8 Å². The summed E-state index contributed by atoms with van der Waals surface area (Å²) in [7, 11) is 6.26. The number of hydrogen-bond acceptors (Lipinski definition) is 3. The number of likely N-dealkylation sites (N-methyl/N-ethyl adjacent to an activating group) is 2. The van der Waals surface area contributed by atoms with Gasteiger partial charge in [-0.1, -0.05) is 6.92 Å². The predicted octanol–water partition coefficient (Wildman–Crippen LogP) is 1.17. The molecule has 1 N–H and O–H groups in total. The molecule has 1 heterocycles. The SMILES string of the molecule is CC1CNCC(C(=O)N(C)CC2(N(C)C)CCC2)C1. The Morgan fingerprint density at radius 2 is 1.95 bits per heavy atom. The molecule has 2 rings (SSSR count). The number of rotatable bonds is 4. The molecule has 1 aliphatic carbocycles. The van der Waals surface area contributed by atoms with Gasteiger partial charge in [0.2, 0.25) is 5.91 Å². The number of carbonyl (C=O) groups is 1. The fourth-order valence-electron chi connectivity index (χ4n) is 3.51. The van der Waals surface area contributed by atoms with Gasteiger partial charge in [0.1, 0.15) is 0 Å². The summed E-state index contributed by atoms with van der Waals surface area (Å²) < 4.78 is 0. The summed E-state index contributed by atoms with van der Waals surface area (Å²) in [5, 5.41) is 3.38. The molecule has 1 aliphatic heterocycles. The zero-order chi connectivity index (χ0) is 14.0. The Balaban J connectivity index is 1.91. The standard InChI is InChI=1S/C15H29N3O/c1-12-8-13(10-16-9-12)14(19)18(4)11-15(17(2)3)6-5-7-15/h12-13,16H,5-11H2,1-4H3. The van der Waals surface area contributed by atoms with E-state index in [-0.39, 0.29) is 11.5 Å². The second kappa shape index (κ2) is 5.80. The van der Waals surface area contributed by atoms with Crippen molar-refractivity contribution in [3.8, 4) is 0 Å². The van der Waals surface area contributed by atoms with Crippen molar-refractivity contribution in [3.63, 3.8) is 0 Å². The average molecular weight is 267 g/mol. The van der Waals surface area contributed by atoms with Crippen molar-refractivity contribution in [1.82, 2.24) is 15.1 Å². The summed E-state index contributed by atoms with van der Waals surface area (Å²) in [5.74, 6) is 1.11. The molecule has 0 aromatic rings. The first-order chi connectivity index (χ1) is 8.94. The van der Waals surface area contributed by atoms with E-state index in [1.165, 1.54) is 19.3 Å². The Bertz CT molecular complexity index is 325. The molecule has 0 bridgehead atoms. The van der Waals surface area contributed by atoms with E-state index in [0.717, 1.165) is 26.1 Å². The second-order valence-corrected chi connectivity index (χ2v) is 6.86. The Kier molecular flexibility index (Phi) is 4.51. The van der Waals surface area contributed by atoms with Gasteiger partial charge >= 0.3 is 0 Å². The highest BCUT2D eigenvalue weighted by atomic mass is 16.2. The number of carbonyl (C=O) groups excluding carboxylic acids is 1. The Hall–Kier alpha value is -0.610. The summed E-state index contributed by atoms with van der Waals surface area (Å²) in [6.07, 6.45) is 4.77. The van der Waals surface area contributed by atoms with Gasteiger partial charge < -0.3 is 15.1 Å². The van der Waals surface area contributed by atoms with E-state index < -0.39 is 0 Å². The molecule has 0 aromatic carbocycles. The minimum absolute atomic E-state index is 0.174. The summed E-state index contributed by atoms with van der Waals surface area (Å²) in [6.45, 7) is 5.00. The minimum atomic E-state index is 0.174. The summed E-state index contributed by atoms with van der Waals surface area (Å²) in [4.78, 5) is 16.8. The number of amides is 1. The maximum absolute atomic E-state index is 12.6. The van der Waals surface area contributed by atoms with Crippen molar-refractivity contribution in [1.29, 1.82) is 0 Å². The van der Waals surface area contributed by atoms with Crippen LogP contribution in [0.25, 0.3) is 0 Å². The number of piperidine rings is 1. The van der Waals surface area contributed by atoms with Crippen LogP contribution >= 0.6 is 0 Å². The van der Waals surface area contributed by atoms with Gasteiger partial charge in [-0.15, -0.1) is 0 Å². The van der Waals surface area contributed by atoms with Crippen LogP contribution in [-0.2, 0) is 4.79 Å². The highest BCUT2D eigenvalue weighted by Gasteiger charge is 2.41. The molecule has 0 aromatic heterocycles. The number of nitrogens with one attached hydrogen (secondary N) is 1. The fourth-order valence-corrected chi connectivity index (χ4v) is 3.51. The van der Waals surface area contributed by atoms with Gasteiger partial charge in [-0.25, -0.2) is 0 Å². The molecule has 0 spiro atoms. The Morgan fingerprint density at radius 1 is 1.26 bits per heavy atom. The summed E-state index contributed by atoms with van der Waals surface area (Å²) >= 11 is 0. The maximum atomic E-state index is 12.6. The monoisotopic (exact) mass is 267 g/mol. The molecular formula is C15H29N3O. The molecule has 2 unspecified atom stereocenters. The van der Waals surface area contributed by atoms with E-state index >= 15 is 0 Å². The van der Waals surface area contributed by atoms with Crippen LogP contribution in [0, 0.1) is 11.8 Å². The maximum Gasteiger partial charge on any atom is 0.226 e. The van der Waals surface area contributed by atoms with Crippen molar-refractivity contribution in [2.24, 2.45) is 11.8 Å². The lowest BCUT2D eigenvalue weighted by molar-refractivity contribution is -0.138. The van der Waals surface area contributed by atoms with E-state index in [1.54, 1.807) is 0 Å². The molecule has 4 heteroatoms. The third kappa shape index (κ3) is 3.11. The van der Waals surface area contributed by atoms with Gasteiger partial charge in [0.25, 0.3) is 0 Å². The molecule has 1 saturated heterocycles. The van der Waals surface area contributed by atoms with Gasteiger partial charge in [0, 0.05) is 25.7 Å². The third-order valence-electron chi connectivity index (χ3n) is 5.06. The molecule has 4 nitrogen and oxygen atoms in total. The van der Waals surface area contributed by atoms with Gasteiger partial charge in [0.05, 0.1) is 5.92 Å². The van der Waals surface area contributed by atoms with Crippen LogP contribution in [0.2, 0.25) is 0 Å². The van der Waals surface area contributed by atoms with Gasteiger partial charge in [-0.3, -0.25) is 4.79 Å². The third-order valence-corrected chi connectivity index (χ3v) is 5.06. The largest absolute Gasteiger partial charge is 0.344 e.